The largest absolute Gasteiger partial charge is 0.378 e. The molecule has 1 rings (SSSR count). The Morgan fingerprint density at radius 2 is 2.00 bits per heavy atom. The van der Waals surface area contributed by atoms with Gasteiger partial charge in [0, 0.05) is 13.2 Å². The normalized spacial score (nSPS) is 21.9. The number of rotatable bonds is 9. The molecule has 0 bridgehead atoms. The molecule has 0 aromatic carbocycles. The topological polar surface area (TPSA) is 21.3 Å². The highest BCUT2D eigenvalue weighted by Gasteiger charge is 2.38. The molecule has 0 aromatic heterocycles. The SMILES string of the molecule is CCCC(C)CC(CC1(OC)CCC1)NCC. The summed E-state index contributed by atoms with van der Waals surface area (Å²) < 4.78 is 5.75. The maximum absolute atomic E-state index is 5.75. The lowest BCUT2D eigenvalue weighted by Gasteiger charge is -2.43. The quantitative estimate of drug-likeness (QED) is 0.664. The van der Waals surface area contributed by atoms with Crippen LogP contribution in [0.3, 0.4) is 0 Å². The molecule has 0 radical (unpaired) electrons. The van der Waals surface area contributed by atoms with Gasteiger partial charge in [-0.15, -0.1) is 0 Å². The fraction of sp³-hybridized carbons (Fsp3) is 1.00. The number of ether oxygens (including phenoxy) is 1. The van der Waals surface area contributed by atoms with Gasteiger partial charge >= 0.3 is 0 Å². The molecule has 1 saturated carbocycles. The van der Waals surface area contributed by atoms with Gasteiger partial charge in [0.15, 0.2) is 0 Å². The van der Waals surface area contributed by atoms with Gasteiger partial charge in [-0.1, -0.05) is 33.6 Å². The van der Waals surface area contributed by atoms with Crippen LogP contribution in [0.25, 0.3) is 0 Å². The van der Waals surface area contributed by atoms with Crippen LogP contribution in [0.5, 0.6) is 0 Å². The van der Waals surface area contributed by atoms with Crippen molar-refractivity contribution in [2.45, 2.75) is 77.4 Å². The second kappa shape index (κ2) is 7.38. The lowest BCUT2D eigenvalue weighted by molar-refractivity contribution is -0.0844. The molecule has 0 heterocycles. The Morgan fingerprint density at radius 3 is 2.41 bits per heavy atom. The van der Waals surface area contributed by atoms with Gasteiger partial charge in [-0.05, 0) is 44.6 Å². The van der Waals surface area contributed by atoms with E-state index in [2.05, 4.69) is 26.1 Å². The van der Waals surface area contributed by atoms with Crippen molar-refractivity contribution in [3.63, 3.8) is 0 Å². The number of hydrogen-bond donors (Lipinski definition) is 1. The van der Waals surface area contributed by atoms with E-state index >= 15 is 0 Å². The third kappa shape index (κ3) is 4.59. The van der Waals surface area contributed by atoms with E-state index in [0.29, 0.717) is 6.04 Å². The van der Waals surface area contributed by atoms with Gasteiger partial charge in [0.1, 0.15) is 0 Å². The number of nitrogens with one attached hydrogen (secondary N) is 1. The summed E-state index contributed by atoms with van der Waals surface area (Å²) in [6.45, 7) is 7.94. The molecule has 102 valence electrons. The van der Waals surface area contributed by atoms with Crippen LogP contribution in [0.2, 0.25) is 0 Å². The Labute approximate surface area is 108 Å². The molecule has 2 heteroatoms. The minimum absolute atomic E-state index is 0.207. The van der Waals surface area contributed by atoms with Gasteiger partial charge in [-0.2, -0.15) is 0 Å². The van der Waals surface area contributed by atoms with Crippen LogP contribution in [-0.2, 0) is 4.74 Å². The van der Waals surface area contributed by atoms with Crippen LogP contribution >= 0.6 is 0 Å². The Hall–Kier alpha value is -0.0800. The molecule has 0 spiro atoms. The average molecular weight is 241 g/mol. The van der Waals surface area contributed by atoms with Crippen molar-refractivity contribution >= 4 is 0 Å². The van der Waals surface area contributed by atoms with Crippen molar-refractivity contribution in [1.29, 1.82) is 0 Å². The maximum Gasteiger partial charge on any atom is 0.0693 e. The summed E-state index contributed by atoms with van der Waals surface area (Å²) in [5, 5.41) is 3.65. The fourth-order valence-electron chi connectivity index (χ4n) is 3.14. The van der Waals surface area contributed by atoms with Gasteiger partial charge in [0.05, 0.1) is 5.60 Å². The molecule has 2 unspecified atom stereocenters. The maximum atomic E-state index is 5.75. The Balaban J connectivity index is 2.41. The first kappa shape index (κ1) is 15.0. The minimum Gasteiger partial charge on any atom is -0.378 e. The second-order valence-corrected chi connectivity index (χ2v) is 5.83. The van der Waals surface area contributed by atoms with Crippen LogP contribution < -0.4 is 5.32 Å². The smallest absolute Gasteiger partial charge is 0.0693 e. The zero-order chi connectivity index (χ0) is 12.7. The predicted molar refractivity (Wildman–Crippen MR) is 74.4 cm³/mol. The first-order valence-corrected chi connectivity index (χ1v) is 7.44. The number of hydrogen-bond acceptors (Lipinski definition) is 2. The molecule has 0 amide bonds. The third-order valence-corrected chi connectivity index (χ3v) is 4.28. The zero-order valence-corrected chi connectivity index (χ0v) is 12.2. The highest BCUT2D eigenvalue weighted by atomic mass is 16.5. The van der Waals surface area contributed by atoms with Gasteiger partial charge in [-0.3, -0.25) is 0 Å². The fourth-order valence-corrected chi connectivity index (χ4v) is 3.14. The van der Waals surface area contributed by atoms with Gasteiger partial charge in [-0.25, -0.2) is 0 Å². The third-order valence-electron chi connectivity index (χ3n) is 4.28. The summed E-state index contributed by atoms with van der Waals surface area (Å²) in [5.41, 5.74) is 0.207. The van der Waals surface area contributed by atoms with Crippen molar-refractivity contribution < 1.29 is 4.74 Å². The van der Waals surface area contributed by atoms with E-state index in [1.54, 1.807) is 0 Å². The molecule has 2 nitrogen and oxygen atoms in total. The summed E-state index contributed by atoms with van der Waals surface area (Å²) >= 11 is 0. The zero-order valence-electron chi connectivity index (χ0n) is 12.2. The van der Waals surface area contributed by atoms with Crippen LogP contribution in [0.4, 0.5) is 0 Å². The summed E-state index contributed by atoms with van der Waals surface area (Å²) in [4.78, 5) is 0. The summed E-state index contributed by atoms with van der Waals surface area (Å²) in [7, 11) is 1.89. The van der Waals surface area contributed by atoms with E-state index in [4.69, 9.17) is 4.74 Å². The highest BCUT2D eigenvalue weighted by Crippen LogP contribution is 2.39. The van der Waals surface area contributed by atoms with Crippen molar-refractivity contribution in [3.8, 4) is 0 Å². The highest BCUT2D eigenvalue weighted by molar-refractivity contribution is 4.93. The lowest BCUT2D eigenvalue weighted by Crippen LogP contribution is -2.46. The Bertz CT molecular complexity index is 196. The standard InChI is InChI=1S/C15H31NO/c1-5-8-13(3)11-14(16-6-2)12-15(17-4)9-7-10-15/h13-14,16H,5-12H2,1-4H3. The molecule has 0 aliphatic heterocycles. The second-order valence-electron chi connectivity index (χ2n) is 5.83. The first-order valence-electron chi connectivity index (χ1n) is 7.44. The average Bonchev–Trinajstić information content (AvgIpc) is 2.24. The number of methoxy groups -OCH3 is 1. The van der Waals surface area contributed by atoms with Crippen LogP contribution in [0, 0.1) is 5.92 Å². The van der Waals surface area contributed by atoms with Crippen LogP contribution in [0.15, 0.2) is 0 Å². The predicted octanol–water partition coefficient (Wildman–Crippen LogP) is 3.75. The molecule has 1 aliphatic carbocycles. The molecule has 1 fully saturated rings. The molecule has 1 aliphatic rings. The summed E-state index contributed by atoms with van der Waals surface area (Å²) in [6.07, 6.45) is 9.01. The molecule has 2 atom stereocenters. The molecule has 17 heavy (non-hydrogen) atoms. The van der Waals surface area contributed by atoms with Crippen LogP contribution in [0.1, 0.15) is 65.7 Å². The van der Waals surface area contributed by atoms with E-state index in [1.807, 2.05) is 7.11 Å². The van der Waals surface area contributed by atoms with E-state index in [1.165, 1.54) is 44.9 Å². The Kier molecular flexibility index (Phi) is 6.50. The van der Waals surface area contributed by atoms with Gasteiger partial charge < -0.3 is 10.1 Å². The van der Waals surface area contributed by atoms with Crippen molar-refractivity contribution in [3.05, 3.63) is 0 Å². The molecular formula is C15H31NO. The van der Waals surface area contributed by atoms with Gasteiger partial charge in [0.2, 0.25) is 0 Å². The minimum atomic E-state index is 0.207. The van der Waals surface area contributed by atoms with E-state index < -0.39 is 0 Å². The molecular weight excluding hydrogens is 210 g/mol. The molecule has 1 N–H and O–H groups in total. The lowest BCUT2D eigenvalue weighted by atomic mass is 9.74. The van der Waals surface area contributed by atoms with Crippen molar-refractivity contribution in [2.75, 3.05) is 13.7 Å². The molecule has 0 aromatic rings. The monoisotopic (exact) mass is 241 g/mol. The summed E-state index contributed by atoms with van der Waals surface area (Å²) in [5.74, 6) is 0.832. The Morgan fingerprint density at radius 1 is 1.29 bits per heavy atom. The van der Waals surface area contributed by atoms with Crippen molar-refractivity contribution in [1.82, 2.24) is 5.32 Å². The van der Waals surface area contributed by atoms with Crippen molar-refractivity contribution in [2.24, 2.45) is 5.92 Å². The van der Waals surface area contributed by atoms with Crippen LogP contribution in [-0.4, -0.2) is 25.3 Å². The van der Waals surface area contributed by atoms with Gasteiger partial charge in [0.25, 0.3) is 0 Å². The first-order chi connectivity index (χ1) is 8.15. The van der Waals surface area contributed by atoms with E-state index in [-0.39, 0.29) is 5.60 Å². The molecule has 0 saturated heterocycles. The van der Waals surface area contributed by atoms with E-state index in [9.17, 15) is 0 Å². The van der Waals surface area contributed by atoms with E-state index in [0.717, 1.165) is 12.5 Å². The summed E-state index contributed by atoms with van der Waals surface area (Å²) in [6, 6.07) is 0.641.